The zero-order valence-electron chi connectivity index (χ0n) is 23.1. The molecule has 1 aromatic carbocycles. The molecule has 14 heteroatoms. The van der Waals surface area contributed by atoms with E-state index < -0.39 is 41.5 Å². The number of aryl methyl sites for hydroxylation is 1. The van der Waals surface area contributed by atoms with E-state index in [4.69, 9.17) is 11.6 Å². The number of amides is 2. The van der Waals surface area contributed by atoms with Crippen molar-refractivity contribution in [3.63, 3.8) is 0 Å². The van der Waals surface area contributed by atoms with Gasteiger partial charge in [-0.2, -0.15) is 17.6 Å². The monoisotopic (exact) mass is 605 g/mol. The summed E-state index contributed by atoms with van der Waals surface area (Å²) in [5.74, 6) is -1.76. The second-order valence-electron chi connectivity index (χ2n) is 11.1. The number of benzene rings is 1. The molecule has 6 rings (SSSR count). The van der Waals surface area contributed by atoms with Crippen molar-refractivity contribution in [3.8, 4) is 0 Å². The molecule has 1 unspecified atom stereocenters. The number of nitrogens with zero attached hydrogens (tertiary/aromatic N) is 7. The molecule has 3 aliphatic heterocycles. The van der Waals surface area contributed by atoms with E-state index in [0.717, 1.165) is 17.0 Å². The highest BCUT2D eigenvalue weighted by Crippen LogP contribution is 2.43. The number of anilines is 3. The van der Waals surface area contributed by atoms with E-state index in [2.05, 4.69) is 9.97 Å². The zero-order chi connectivity index (χ0) is 30.1. The van der Waals surface area contributed by atoms with E-state index in [1.807, 2.05) is 11.9 Å². The standard InChI is InChI=1S/C28H28ClF4N7O2/c1-15-9-17(28(31,32)33)11-21(34-15)40-23(41)10-16-12-38(13-19-26(30)39-8-7-36(2)14-22(39)35-19)25-18(29)5-4-6-20(25)37(3)27(42)24(16)40/h4-6,9,11,16,24H,7-8,10,12-14H2,1-3H3/t16?,24-/m0/s1. The summed E-state index contributed by atoms with van der Waals surface area (Å²) in [6, 6.07) is 5.57. The van der Waals surface area contributed by atoms with Crippen LogP contribution < -0.4 is 14.7 Å². The Balaban J connectivity index is 1.43. The van der Waals surface area contributed by atoms with Crippen LogP contribution in [0.3, 0.4) is 0 Å². The smallest absolute Gasteiger partial charge is 0.362 e. The second-order valence-corrected chi connectivity index (χ2v) is 11.5. The zero-order valence-corrected chi connectivity index (χ0v) is 23.9. The van der Waals surface area contributed by atoms with Crippen molar-refractivity contribution < 1.29 is 27.2 Å². The highest BCUT2D eigenvalue weighted by Gasteiger charge is 2.49. The molecule has 222 valence electrons. The molecule has 2 atom stereocenters. The maximum atomic E-state index is 15.6. The third kappa shape index (κ3) is 4.77. The van der Waals surface area contributed by atoms with E-state index in [0.29, 0.717) is 41.9 Å². The Kier molecular flexibility index (Phi) is 6.92. The van der Waals surface area contributed by atoms with Crippen LogP contribution in [0.1, 0.15) is 29.2 Å². The van der Waals surface area contributed by atoms with Crippen molar-refractivity contribution in [2.24, 2.45) is 5.92 Å². The molecule has 0 saturated carbocycles. The maximum Gasteiger partial charge on any atom is 0.416 e. The number of rotatable bonds is 3. The number of para-hydroxylation sites is 1. The van der Waals surface area contributed by atoms with Gasteiger partial charge in [-0.05, 0) is 38.2 Å². The Morgan fingerprint density at radius 1 is 1.10 bits per heavy atom. The average molecular weight is 606 g/mol. The van der Waals surface area contributed by atoms with Crippen LogP contribution in [0.2, 0.25) is 5.02 Å². The van der Waals surface area contributed by atoms with Crippen molar-refractivity contribution in [3.05, 3.63) is 64.1 Å². The summed E-state index contributed by atoms with van der Waals surface area (Å²) < 4.78 is 58.1. The number of carbonyl (C=O) groups is 2. The summed E-state index contributed by atoms with van der Waals surface area (Å²) in [6.07, 6.45) is -4.79. The van der Waals surface area contributed by atoms with Crippen LogP contribution in [0, 0.1) is 18.8 Å². The number of hydrogen-bond donors (Lipinski definition) is 0. The summed E-state index contributed by atoms with van der Waals surface area (Å²) in [6.45, 7) is 3.13. The third-order valence-electron chi connectivity index (χ3n) is 8.13. The van der Waals surface area contributed by atoms with Gasteiger partial charge in [-0.15, -0.1) is 0 Å². The summed E-state index contributed by atoms with van der Waals surface area (Å²) in [7, 11) is 3.45. The number of imidazole rings is 1. The van der Waals surface area contributed by atoms with Gasteiger partial charge in [0.05, 0.1) is 35.1 Å². The van der Waals surface area contributed by atoms with Crippen LogP contribution in [0.5, 0.6) is 0 Å². The second kappa shape index (κ2) is 10.2. The summed E-state index contributed by atoms with van der Waals surface area (Å²) in [5, 5.41) is 0.325. The number of pyridine rings is 1. The normalized spacial score (nSPS) is 21.3. The van der Waals surface area contributed by atoms with Crippen molar-refractivity contribution in [1.29, 1.82) is 0 Å². The van der Waals surface area contributed by atoms with Gasteiger partial charge < -0.3 is 14.4 Å². The topological polar surface area (TPSA) is 77.8 Å². The van der Waals surface area contributed by atoms with Crippen molar-refractivity contribution in [1.82, 2.24) is 19.4 Å². The summed E-state index contributed by atoms with van der Waals surface area (Å²) >= 11 is 6.68. The van der Waals surface area contributed by atoms with Crippen LogP contribution in [-0.2, 0) is 35.4 Å². The minimum Gasteiger partial charge on any atom is -0.362 e. The Bertz CT molecular complexity index is 1590. The molecule has 0 spiro atoms. The van der Waals surface area contributed by atoms with Gasteiger partial charge >= 0.3 is 6.18 Å². The fourth-order valence-electron chi connectivity index (χ4n) is 6.16. The largest absolute Gasteiger partial charge is 0.416 e. The first kappa shape index (κ1) is 28.4. The number of halogens is 5. The molecular weight excluding hydrogens is 578 g/mol. The van der Waals surface area contributed by atoms with Crippen LogP contribution in [-0.4, -0.2) is 64.5 Å². The van der Waals surface area contributed by atoms with Gasteiger partial charge in [-0.1, -0.05) is 17.7 Å². The Morgan fingerprint density at radius 3 is 2.60 bits per heavy atom. The summed E-state index contributed by atoms with van der Waals surface area (Å²) in [5.41, 5.74) is 0.203. The first-order valence-corrected chi connectivity index (χ1v) is 13.8. The van der Waals surface area contributed by atoms with Gasteiger partial charge in [0.2, 0.25) is 17.8 Å². The van der Waals surface area contributed by atoms with E-state index in [1.165, 1.54) is 18.9 Å². The summed E-state index contributed by atoms with van der Waals surface area (Å²) in [4.78, 5) is 42.5. The molecule has 3 aromatic rings. The number of fused-ring (bicyclic) bond motifs is 3. The van der Waals surface area contributed by atoms with E-state index in [9.17, 15) is 22.8 Å². The van der Waals surface area contributed by atoms with Crippen LogP contribution in [0.4, 0.5) is 34.8 Å². The van der Waals surface area contributed by atoms with Gasteiger partial charge in [0.15, 0.2) is 0 Å². The molecule has 0 aliphatic carbocycles. The van der Waals surface area contributed by atoms with Crippen molar-refractivity contribution >= 4 is 40.6 Å². The van der Waals surface area contributed by atoms with Crippen LogP contribution >= 0.6 is 11.6 Å². The Labute approximate surface area is 244 Å². The number of hydrogen-bond acceptors (Lipinski definition) is 6. The lowest BCUT2D eigenvalue weighted by Crippen LogP contribution is -2.52. The molecule has 2 amide bonds. The molecule has 9 nitrogen and oxygen atoms in total. The lowest BCUT2D eigenvalue weighted by atomic mass is 9.95. The quantitative estimate of drug-likeness (QED) is 0.416. The fraction of sp³-hybridized carbons (Fsp3) is 0.429. The molecule has 3 aliphatic rings. The SMILES string of the molecule is Cc1cc(C(F)(F)F)cc(N2C(=O)CC3CN(Cc4nc5n(c4F)CCN(C)C5)c4c(Cl)cccc4N(C)C(=O)[C@H]32)n1. The highest BCUT2D eigenvalue weighted by molar-refractivity contribution is 6.34. The van der Waals surface area contributed by atoms with E-state index in [1.54, 1.807) is 27.7 Å². The van der Waals surface area contributed by atoms with Gasteiger partial charge in [-0.3, -0.25) is 19.4 Å². The Hall–Kier alpha value is -3.71. The minimum atomic E-state index is -4.67. The fourth-order valence-corrected chi connectivity index (χ4v) is 6.45. The maximum absolute atomic E-state index is 15.6. The Morgan fingerprint density at radius 2 is 1.86 bits per heavy atom. The van der Waals surface area contributed by atoms with Crippen molar-refractivity contribution in [2.45, 2.75) is 45.2 Å². The van der Waals surface area contributed by atoms with Crippen LogP contribution in [0.15, 0.2) is 30.3 Å². The van der Waals surface area contributed by atoms with Gasteiger partial charge in [0.1, 0.15) is 23.4 Å². The molecule has 1 saturated heterocycles. The first-order valence-electron chi connectivity index (χ1n) is 13.4. The molecule has 0 N–H and O–H groups in total. The molecule has 2 aromatic heterocycles. The number of aromatic nitrogens is 3. The molecule has 0 radical (unpaired) electrons. The lowest BCUT2D eigenvalue weighted by Gasteiger charge is -2.39. The first-order chi connectivity index (χ1) is 19.8. The third-order valence-corrected chi connectivity index (χ3v) is 8.44. The predicted octanol–water partition coefficient (Wildman–Crippen LogP) is 4.25. The molecule has 1 fully saturated rings. The van der Waals surface area contributed by atoms with Gasteiger partial charge in [0, 0.05) is 44.7 Å². The molecule has 0 bridgehead atoms. The molecular formula is C28H28ClF4N7O2. The lowest BCUT2D eigenvalue weighted by molar-refractivity contribution is -0.137. The minimum absolute atomic E-state index is 0.00659. The number of carbonyl (C=O) groups excluding carboxylic acids is 2. The van der Waals surface area contributed by atoms with Gasteiger partial charge in [0.25, 0.3) is 0 Å². The van der Waals surface area contributed by atoms with E-state index >= 15 is 4.39 Å². The molecule has 5 heterocycles. The van der Waals surface area contributed by atoms with Gasteiger partial charge in [-0.25, -0.2) is 9.97 Å². The number of alkyl halides is 3. The highest BCUT2D eigenvalue weighted by atomic mass is 35.5. The van der Waals surface area contributed by atoms with E-state index in [-0.39, 0.29) is 36.7 Å². The van der Waals surface area contributed by atoms with Crippen LogP contribution in [0.25, 0.3) is 0 Å². The molecule has 42 heavy (non-hydrogen) atoms. The number of likely N-dealkylation sites (N-methyl/N-ethyl adjacent to an activating group) is 2. The average Bonchev–Trinajstić information content (AvgIpc) is 3.40. The predicted molar refractivity (Wildman–Crippen MR) is 148 cm³/mol. The van der Waals surface area contributed by atoms with Crippen molar-refractivity contribution in [2.75, 3.05) is 41.9 Å².